The number of benzene rings is 1. The van der Waals surface area contributed by atoms with Crippen molar-refractivity contribution in [2.45, 2.75) is 37.2 Å². The van der Waals surface area contributed by atoms with Crippen molar-refractivity contribution in [1.82, 2.24) is 9.88 Å². The first kappa shape index (κ1) is 19.0. The van der Waals surface area contributed by atoms with Crippen LogP contribution < -0.4 is 4.90 Å². The summed E-state index contributed by atoms with van der Waals surface area (Å²) in [6.07, 6.45) is -1.21. The summed E-state index contributed by atoms with van der Waals surface area (Å²) < 4.78 is 1.19. The van der Waals surface area contributed by atoms with Crippen LogP contribution >= 0.6 is 11.3 Å². The summed E-state index contributed by atoms with van der Waals surface area (Å²) in [5, 5.41) is 39.8. The van der Waals surface area contributed by atoms with E-state index in [4.69, 9.17) is 0 Å². The number of aliphatic hydroxyl groups is 4. The number of β-amino-alcohol motifs (C(OH)–C–C–N with tert-alkyl or cyclic N) is 1. The summed E-state index contributed by atoms with van der Waals surface area (Å²) in [5.74, 6) is 0.358. The molecule has 2 aliphatic heterocycles. The number of aliphatic hydroxyl groups excluding tert-OH is 4. The van der Waals surface area contributed by atoms with Crippen LogP contribution in [0.25, 0.3) is 10.2 Å². The average molecular weight is 394 g/mol. The molecule has 0 unspecified atom stereocenters. The maximum atomic E-state index is 10.2. The number of nitrogens with zero attached hydrogens (tertiary/aromatic N) is 3. The maximum absolute atomic E-state index is 10.2. The predicted octanol–water partition coefficient (Wildman–Crippen LogP) is 0.272. The van der Waals surface area contributed by atoms with Crippen molar-refractivity contribution in [1.29, 1.82) is 0 Å². The van der Waals surface area contributed by atoms with Gasteiger partial charge in [0.1, 0.15) is 17.7 Å². The number of rotatable bonds is 4. The number of para-hydroxylation sites is 1. The van der Waals surface area contributed by atoms with Gasteiger partial charge in [-0.05, 0) is 30.9 Å². The first-order chi connectivity index (χ1) is 13.1. The number of aromatic nitrogens is 1. The lowest BCUT2D eigenvalue weighted by Crippen LogP contribution is -2.63. The number of piperidine rings is 2. The van der Waals surface area contributed by atoms with Crippen molar-refractivity contribution >= 4 is 27.2 Å². The first-order valence-electron chi connectivity index (χ1n) is 9.54. The second kappa shape index (κ2) is 7.98. The molecule has 0 amide bonds. The molecule has 2 fully saturated rings. The summed E-state index contributed by atoms with van der Waals surface area (Å²) in [7, 11) is 0. The SMILES string of the molecule is OC[C@@H]1[C@@H](O)[C@H](O)[C@@H](O)CN1C[C@H]1CCCN(c2cccc3scnc23)C1. The number of likely N-dealkylation sites (tertiary alicyclic amines) is 1. The van der Waals surface area contributed by atoms with Gasteiger partial charge in [0.25, 0.3) is 0 Å². The molecular formula is C19H27N3O4S. The molecule has 27 heavy (non-hydrogen) atoms. The molecule has 4 rings (SSSR count). The molecule has 8 heteroatoms. The Hall–Kier alpha value is -1.29. The molecule has 1 aromatic carbocycles. The Kier molecular flexibility index (Phi) is 5.63. The molecule has 1 aromatic heterocycles. The minimum Gasteiger partial charge on any atom is -0.395 e. The van der Waals surface area contributed by atoms with Gasteiger partial charge in [-0.1, -0.05) is 6.07 Å². The highest BCUT2D eigenvalue weighted by molar-refractivity contribution is 7.16. The van der Waals surface area contributed by atoms with E-state index in [2.05, 4.69) is 28.1 Å². The topological polar surface area (TPSA) is 100 Å². The summed E-state index contributed by atoms with van der Waals surface area (Å²) in [6, 6.07) is 5.73. The zero-order valence-electron chi connectivity index (χ0n) is 15.2. The maximum Gasteiger partial charge on any atom is 0.109 e. The van der Waals surface area contributed by atoms with E-state index in [0.717, 1.165) is 37.1 Å². The highest BCUT2D eigenvalue weighted by atomic mass is 32.1. The molecular weight excluding hydrogens is 366 g/mol. The smallest absolute Gasteiger partial charge is 0.109 e. The minimum absolute atomic E-state index is 0.237. The molecule has 0 radical (unpaired) electrons. The molecule has 3 heterocycles. The van der Waals surface area contributed by atoms with Crippen molar-refractivity contribution in [2.75, 3.05) is 37.7 Å². The Morgan fingerprint density at radius 1 is 1.15 bits per heavy atom. The standard InChI is InChI=1S/C19H27N3O4S/c23-10-14-18(25)19(26)15(24)9-22(14)8-12-3-2-6-21(7-12)13-4-1-5-16-17(13)20-11-27-16/h1,4-5,11-12,14-15,18-19,23-26H,2-3,6-10H2/t12-,14+,15-,18+,19+/m0/s1. The van der Waals surface area contributed by atoms with Crippen molar-refractivity contribution < 1.29 is 20.4 Å². The van der Waals surface area contributed by atoms with Gasteiger partial charge in [0.2, 0.25) is 0 Å². The van der Waals surface area contributed by atoms with E-state index in [9.17, 15) is 20.4 Å². The van der Waals surface area contributed by atoms with Crippen molar-refractivity contribution in [3.8, 4) is 0 Å². The van der Waals surface area contributed by atoms with Crippen LogP contribution in [-0.4, -0.2) is 87.4 Å². The quantitative estimate of drug-likeness (QED) is 0.592. The highest BCUT2D eigenvalue weighted by Crippen LogP contribution is 2.32. The monoisotopic (exact) mass is 393 g/mol. The first-order valence-corrected chi connectivity index (χ1v) is 10.4. The van der Waals surface area contributed by atoms with Gasteiger partial charge in [0.05, 0.1) is 34.7 Å². The van der Waals surface area contributed by atoms with Gasteiger partial charge in [-0.15, -0.1) is 11.3 Å². The Morgan fingerprint density at radius 2 is 2.00 bits per heavy atom. The summed E-state index contributed by atoms with van der Waals surface area (Å²) in [6.45, 7) is 2.57. The lowest BCUT2D eigenvalue weighted by Gasteiger charge is -2.45. The Balaban J connectivity index is 1.48. The second-order valence-electron chi connectivity index (χ2n) is 7.68. The van der Waals surface area contributed by atoms with E-state index in [1.165, 1.54) is 4.70 Å². The van der Waals surface area contributed by atoms with Gasteiger partial charge in [-0.3, -0.25) is 4.90 Å². The van der Waals surface area contributed by atoms with E-state index in [1.807, 2.05) is 10.4 Å². The summed E-state index contributed by atoms with van der Waals surface area (Å²) >= 11 is 1.65. The Bertz CT molecular complexity index is 772. The largest absolute Gasteiger partial charge is 0.395 e. The number of hydrogen-bond acceptors (Lipinski definition) is 8. The van der Waals surface area contributed by atoms with Crippen LogP contribution in [-0.2, 0) is 0 Å². The zero-order chi connectivity index (χ0) is 19.0. The molecule has 0 spiro atoms. The fourth-order valence-electron chi connectivity index (χ4n) is 4.48. The Morgan fingerprint density at radius 3 is 2.81 bits per heavy atom. The third-order valence-corrected chi connectivity index (χ3v) is 6.70. The van der Waals surface area contributed by atoms with E-state index in [0.29, 0.717) is 12.5 Å². The van der Waals surface area contributed by atoms with Gasteiger partial charge in [0.15, 0.2) is 0 Å². The van der Waals surface area contributed by atoms with Crippen molar-refractivity contribution in [2.24, 2.45) is 5.92 Å². The highest BCUT2D eigenvalue weighted by Gasteiger charge is 2.41. The van der Waals surface area contributed by atoms with Crippen molar-refractivity contribution in [3.05, 3.63) is 23.7 Å². The average Bonchev–Trinajstić information content (AvgIpc) is 3.15. The third kappa shape index (κ3) is 3.70. The van der Waals surface area contributed by atoms with Crippen LogP contribution in [0.5, 0.6) is 0 Å². The fraction of sp³-hybridized carbons (Fsp3) is 0.632. The second-order valence-corrected chi connectivity index (χ2v) is 8.57. The summed E-state index contributed by atoms with van der Waals surface area (Å²) in [5.41, 5.74) is 4.08. The zero-order valence-corrected chi connectivity index (χ0v) is 16.0. The van der Waals surface area contributed by atoms with Crippen LogP contribution in [0, 0.1) is 5.92 Å². The van der Waals surface area contributed by atoms with Crippen LogP contribution in [0.1, 0.15) is 12.8 Å². The molecule has 5 atom stereocenters. The molecule has 7 nitrogen and oxygen atoms in total. The normalized spacial score (nSPS) is 32.9. The van der Waals surface area contributed by atoms with Crippen LogP contribution in [0.15, 0.2) is 23.7 Å². The van der Waals surface area contributed by atoms with E-state index >= 15 is 0 Å². The van der Waals surface area contributed by atoms with Crippen LogP contribution in [0.2, 0.25) is 0 Å². The van der Waals surface area contributed by atoms with E-state index in [1.54, 1.807) is 11.3 Å². The number of fused-ring (bicyclic) bond motifs is 1. The van der Waals surface area contributed by atoms with E-state index in [-0.39, 0.29) is 13.2 Å². The fourth-order valence-corrected chi connectivity index (χ4v) is 5.18. The summed E-state index contributed by atoms with van der Waals surface area (Å²) in [4.78, 5) is 8.83. The lowest BCUT2D eigenvalue weighted by molar-refractivity contribution is -0.147. The third-order valence-electron chi connectivity index (χ3n) is 5.91. The van der Waals surface area contributed by atoms with Gasteiger partial charge in [0, 0.05) is 26.2 Å². The van der Waals surface area contributed by atoms with Crippen LogP contribution in [0.3, 0.4) is 0 Å². The van der Waals surface area contributed by atoms with Crippen molar-refractivity contribution in [3.63, 3.8) is 0 Å². The van der Waals surface area contributed by atoms with Crippen LogP contribution in [0.4, 0.5) is 5.69 Å². The lowest BCUT2D eigenvalue weighted by atomic mass is 9.90. The molecule has 4 N–H and O–H groups in total. The molecule has 2 aliphatic rings. The van der Waals surface area contributed by atoms with Gasteiger partial charge >= 0.3 is 0 Å². The number of anilines is 1. The molecule has 0 bridgehead atoms. The molecule has 2 saturated heterocycles. The molecule has 0 aliphatic carbocycles. The van der Waals surface area contributed by atoms with E-state index < -0.39 is 24.4 Å². The molecule has 0 saturated carbocycles. The minimum atomic E-state index is -1.21. The molecule has 2 aromatic rings. The Labute approximate surface area is 162 Å². The predicted molar refractivity (Wildman–Crippen MR) is 105 cm³/mol. The van der Waals surface area contributed by atoms with Gasteiger partial charge in [-0.2, -0.15) is 0 Å². The van der Waals surface area contributed by atoms with Gasteiger partial charge in [-0.25, -0.2) is 4.98 Å². The number of thiazole rings is 1. The van der Waals surface area contributed by atoms with Gasteiger partial charge < -0.3 is 25.3 Å². The number of hydrogen-bond donors (Lipinski definition) is 4. The molecule has 148 valence electrons.